The zero-order valence-corrected chi connectivity index (χ0v) is 10.5. The monoisotopic (exact) mass is 245 g/mol. The SMILES string of the molecule is CCN(CC)C(=O)Oc1cccc2nccnc12. The number of nitrogens with zero attached hydrogens (tertiary/aromatic N) is 3. The topological polar surface area (TPSA) is 55.3 Å². The van der Waals surface area contributed by atoms with Crippen molar-refractivity contribution in [3.63, 3.8) is 0 Å². The molecule has 0 saturated heterocycles. The van der Waals surface area contributed by atoms with E-state index < -0.39 is 0 Å². The van der Waals surface area contributed by atoms with Crippen LogP contribution in [0.5, 0.6) is 5.75 Å². The van der Waals surface area contributed by atoms with Crippen LogP contribution in [0.1, 0.15) is 13.8 Å². The van der Waals surface area contributed by atoms with Gasteiger partial charge in [-0.1, -0.05) is 6.07 Å². The summed E-state index contributed by atoms with van der Waals surface area (Å²) in [4.78, 5) is 21.8. The first-order valence-corrected chi connectivity index (χ1v) is 5.92. The number of para-hydroxylation sites is 1. The first-order valence-electron chi connectivity index (χ1n) is 5.92. The number of aromatic nitrogens is 2. The van der Waals surface area contributed by atoms with Crippen LogP contribution in [0.4, 0.5) is 4.79 Å². The maximum absolute atomic E-state index is 11.9. The minimum absolute atomic E-state index is 0.363. The average molecular weight is 245 g/mol. The smallest absolute Gasteiger partial charge is 0.408 e. The lowest BCUT2D eigenvalue weighted by molar-refractivity contribution is 0.158. The molecule has 94 valence electrons. The van der Waals surface area contributed by atoms with Crippen LogP contribution in [0.3, 0.4) is 0 Å². The highest BCUT2D eigenvalue weighted by molar-refractivity contribution is 5.83. The molecule has 0 aliphatic carbocycles. The van der Waals surface area contributed by atoms with Gasteiger partial charge in [0, 0.05) is 25.5 Å². The number of fused-ring (bicyclic) bond motifs is 1. The zero-order chi connectivity index (χ0) is 13.0. The Bertz CT molecular complexity index is 547. The maximum atomic E-state index is 11.9. The summed E-state index contributed by atoms with van der Waals surface area (Å²) in [7, 11) is 0. The maximum Gasteiger partial charge on any atom is 0.415 e. The Kier molecular flexibility index (Phi) is 3.72. The number of hydrogen-bond acceptors (Lipinski definition) is 4. The van der Waals surface area contributed by atoms with Gasteiger partial charge >= 0.3 is 6.09 Å². The molecule has 1 heterocycles. The van der Waals surface area contributed by atoms with Crippen LogP contribution in [-0.2, 0) is 0 Å². The number of ether oxygens (including phenoxy) is 1. The summed E-state index contributed by atoms with van der Waals surface area (Å²) in [5, 5.41) is 0. The number of amides is 1. The van der Waals surface area contributed by atoms with Gasteiger partial charge in [0.1, 0.15) is 5.52 Å². The molecular formula is C13H15N3O2. The first-order chi connectivity index (χ1) is 8.76. The Morgan fingerprint density at radius 1 is 1.22 bits per heavy atom. The van der Waals surface area contributed by atoms with Crippen molar-refractivity contribution in [1.82, 2.24) is 14.9 Å². The molecule has 2 rings (SSSR count). The molecule has 0 saturated carbocycles. The van der Waals surface area contributed by atoms with Crippen molar-refractivity contribution in [3.05, 3.63) is 30.6 Å². The predicted molar refractivity (Wildman–Crippen MR) is 68.5 cm³/mol. The Morgan fingerprint density at radius 2 is 1.94 bits per heavy atom. The Hall–Kier alpha value is -2.17. The van der Waals surface area contributed by atoms with Gasteiger partial charge in [-0.2, -0.15) is 0 Å². The largest absolute Gasteiger partial charge is 0.415 e. The molecule has 0 unspecified atom stereocenters. The third kappa shape index (κ3) is 2.40. The number of hydrogen-bond donors (Lipinski definition) is 0. The molecule has 1 aromatic carbocycles. The average Bonchev–Trinajstić information content (AvgIpc) is 2.40. The van der Waals surface area contributed by atoms with E-state index in [0.29, 0.717) is 29.9 Å². The number of benzene rings is 1. The van der Waals surface area contributed by atoms with E-state index in [1.165, 1.54) is 0 Å². The van der Waals surface area contributed by atoms with E-state index in [4.69, 9.17) is 4.74 Å². The predicted octanol–water partition coefficient (Wildman–Crippen LogP) is 2.47. The van der Waals surface area contributed by atoms with Gasteiger partial charge in [-0.25, -0.2) is 9.78 Å². The molecule has 0 bridgehead atoms. The van der Waals surface area contributed by atoms with Crippen molar-refractivity contribution < 1.29 is 9.53 Å². The van der Waals surface area contributed by atoms with Crippen molar-refractivity contribution in [1.29, 1.82) is 0 Å². The van der Waals surface area contributed by atoms with Crippen LogP contribution in [0.2, 0.25) is 0 Å². The number of carbonyl (C=O) groups is 1. The van der Waals surface area contributed by atoms with Crippen molar-refractivity contribution in [2.75, 3.05) is 13.1 Å². The number of carbonyl (C=O) groups excluding carboxylic acids is 1. The highest BCUT2D eigenvalue weighted by Crippen LogP contribution is 2.21. The summed E-state index contributed by atoms with van der Waals surface area (Å²) < 4.78 is 5.36. The molecule has 0 aliphatic heterocycles. The lowest BCUT2D eigenvalue weighted by Gasteiger charge is -2.18. The van der Waals surface area contributed by atoms with E-state index in [0.717, 1.165) is 0 Å². The minimum Gasteiger partial charge on any atom is -0.408 e. The molecule has 5 heteroatoms. The van der Waals surface area contributed by atoms with Gasteiger partial charge in [0.15, 0.2) is 5.75 Å². The molecule has 5 nitrogen and oxygen atoms in total. The van der Waals surface area contributed by atoms with Crippen LogP contribution >= 0.6 is 0 Å². The minimum atomic E-state index is -0.363. The van der Waals surface area contributed by atoms with Gasteiger partial charge < -0.3 is 9.64 Å². The van der Waals surface area contributed by atoms with Gasteiger partial charge in [-0.05, 0) is 26.0 Å². The van der Waals surface area contributed by atoms with Crippen molar-refractivity contribution in [2.24, 2.45) is 0 Å². The summed E-state index contributed by atoms with van der Waals surface area (Å²) in [6, 6.07) is 5.34. The molecule has 18 heavy (non-hydrogen) atoms. The van der Waals surface area contributed by atoms with E-state index >= 15 is 0 Å². The third-order valence-corrected chi connectivity index (χ3v) is 2.68. The lowest BCUT2D eigenvalue weighted by atomic mass is 10.3. The zero-order valence-electron chi connectivity index (χ0n) is 10.5. The standard InChI is InChI=1S/C13H15N3O2/c1-3-16(4-2)13(17)18-11-7-5-6-10-12(11)15-9-8-14-10/h5-9H,3-4H2,1-2H3. The van der Waals surface area contributed by atoms with E-state index in [-0.39, 0.29) is 6.09 Å². The molecule has 1 aromatic heterocycles. The molecule has 1 amide bonds. The Morgan fingerprint density at radius 3 is 2.67 bits per heavy atom. The summed E-state index contributed by atoms with van der Waals surface area (Å²) in [5.41, 5.74) is 1.31. The van der Waals surface area contributed by atoms with Crippen LogP contribution in [0, 0.1) is 0 Å². The Labute approximate surface area is 105 Å². The molecule has 0 atom stereocenters. The van der Waals surface area contributed by atoms with Gasteiger partial charge in [0.25, 0.3) is 0 Å². The second kappa shape index (κ2) is 5.44. The normalized spacial score (nSPS) is 10.3. The number of rotatable bonds is 3. The summed E-state index contributed by atoms with van der Waals surface area (Å²) in [5.74, 6) is 0.442. The van der Waals surface area contributed by atoms with E-state index in [1.807, 2.05) is 19.9 Å². The van der Waals surface area contributed by atoms with Crippen molar-refractivity contribution in [2.45, 2.75) is 13.8 Å². The first kappa shape index (κ1) is 12.3. The molecule has 2 aromatic rings. The molecule has 0 N–H and O–H groups in total. The van der Waals surface area contributed by atoms with Gasteiger partial charge in [-0.3, -0.25) is 4.98 Å². The molecule has 0 spiro atoms. The van der Waals surface area contributed by atoms with E-state index in [1.54, 1.807) is 29.4 Å². The fourth-order valence-electron chi connectivity index (χ4n) is 1.69. The molecule has 0 radical (unpaired) electrons. The van der Waals surface area contributed by atoms with Crippen LogP contribution in [0.25, 0.3) is 11.0 Å². The second-order valence-corrected chi connectivity index (χ2v) is 3.72. The highest BCUT2D eigenvalue weighted by Gasteiger charge is 2.14. The second-order valence-electron chi connectivity index (χ2n) is 3.72. The van der Waals surface area contributed by atoms with Gasteiger partial charge in [-0.15, -0.1) is 0 Å². The van der Waals surface area contributed by atoms with E-state index in [9.17, 15) is 4.79 Å². The molecular weight excluding hydrogens is 230 g/mol. The van der Waals surface area contributed by atoms with Crippen molar-refractivity contribution in [3.8, 4) is 5.75 Å². The van der Waals surface area contributed by atoms with Crippen LogP contribution in [0.15, 0.2) is 30.6 Å². The Balaban J connectivity index is 2.29. The molecule has 0 aliphatic rings. The fourth-order valence-corrected chi connectivity index (χ4v) is 1.69. The third-order valence-electron chi connectivity index (χ3n) is 2.68. The van der Waals surface area contributed by atoms with Crippen LogP contribution < -0.4 is 4.74 Å². The lowest BCUT2D eigenvalue weighted by Crippen LogP contribution is -2.33. The quantitative estimate of drug-likeness (QED) is 0.833. The van der Waals surface area contributed by atoms with Crippen LogP contribution in [-0.4, -0.2) is 34.1 Å². The summed E-state index contributed by atoms with van der Waals surface area (Å²) in [6.07, 6.45) is 2.83. The fraction of sp³-hybridized carbons (Fsp3) is 0.308. The van der Waals surface area contributed by atoms with E-state index in [2.05, 4.69) is 9.97 Å². The summed E-state index contributed by atoms with van der Waals surface area (Å²) in [6.45, 7) is 5.05. The highest BCUT2D eigenvalue weighted by atomic mass is 16.6. The molecule has 0 fully saturated rings. The summed E-state index contributed by atoms with van der Waals surface area (Å²) >= 11 is 0. The van der Waals surface area contributed by atoms with Gasteiger partial charge in [0.2, 0.25) is 0 Å². The van der Waals surface area contributed by atoms with Crippen molar-refractivity contribution >= 4 is 17.1 Å². The van der Waals surface area contributed by atoms with Gasteiger partial charge in [0.05, 0.1) is 5.52 Å².